The first-order valence-corrected chi connectivity index (χ1v) is 11.1. The first-order valence-electron chi connectivity index (χ1n) is 9.31. The molecule has 1 unspecified atom stereocenters. The minimum Gasteiger partial charge on any atom is -0.465 e. The van der Waals surface area contributed by atoms with Gasteiger partial charge in [0.15, 0.2) is 0 Å². The van der Waals surface area contributed by atoms with E-state index in [1.807, 2.05) is 35.9 Å². The first kappa shape index (κ1) is 19.3. The van der Waals surface area contributed by atoms with Gasteiger partial charge in [-0.05, 0) is 30.5 Å². The summed E-state index contributed by atoms with van der Waals surface area (Å²) in [6.45, 7) is 5.51. The fraction of sp³-hybridized carbons (Fsp3) is 0.400. The number of hydrogen-bond acceptors (Lipinski definition) is 7. The smallest absolute Gasteiger partial charge is 0.226 e. The molecule has 4 rings (SSSR count). The number of thiophene rings is 1. The van der Waals surface area contributed by atoms with E-state index in [0.29, 0.717) is 19.8 Å². The molecule has 28 heavy (non-hydrogen) atoms. The van der Waals surface area contributed by atoms with Crippen LogP contribution in [0.5, 0.6) is 0 Å². The second-order valence-corrected chi connectivity index (χ2v) is 8.39. The van der Waals surface area contributed by atoms with E-state index in [1.54, 1.807) is 22.7 Å². The van der Waals surface area contributed by atoms with Crippen molar-refractivity contribution in [3.63, 3.8) is 0 Å². The van der Waals surface area contributed by atoms with Gasteiger partial charge in [0.1, 0.15) is 16.5 Å². The van der Waals surface area contributed by atoms with Gasteiger partial charge in [-0.3, -0.25) is 9.69 Å². The number of furan rings is 1. The maximum absolute atomic E-state index is 12.5. The summed E-state index contributed by atoms with van der Waals surface area (Å²) in [5.41, 5.74) is 1.92. The molecule has 3 aromatic heterocycles. The molecule has 4 heterocycles. The lowest BCUT2D eigenvalue weighted by molar-refractivity contribution is -0.120. The predicted octanol–water partition coefficient (Wildman–Crippen LogP) is 3.51. The molecule has 8 heteroatoms. The number of nitrogens with zero attached hydrogens (tertiary/aromatic N) is 2. The molecule has 0 radical (unpaired) electrons. The Morgan fingerprint density at radius 2 is 2.14 bits per heavy atom. The quantitative estimate of drug-likeness (QED) is 0.637. The monoisotopic (exact) mass is 417 g/mol. The summed E-state index contributed by atoms with van der Waals surface area (Å²) in [5, 5.41) is 10.1. The molecule has 0 bridgehead atoms. The third kappa shape index (κ3) is 4.70. The molecule has 1 atom stereocenters. The van der Waals surface area contributed by atoms with Crippen LogP contribution in [0.4, 0.5) is 0 Å². The second-order valence-electron chi connectivity index (χ2n) is 6.75. The molecule has 0 aliphatic carbocycles. The lowest BCUT2D eigenvalue weighted by Gasteiger charge is -2.33. The average Bonchev–Trinajstić information content (AvgIpc) is 3.45. The van der Waals surface area contributed by atoms with Crippen molar-refractivity contribution in [2.75, 3.05) is 32.8 Å². The summed E-state index contributed by atoms with van der Waals surface area (Å²) in [4.78, 5) is 19.4. The number of aromatic nitrogens is 1. The van der Waals surface area contributed by atoms with Crippen molar-refractivity contribution in [1.29, 1.82) is 0 Å². The summed E-state index contributed by atoms with van der Waals surface area (Å²) >= 11 is 3.22. The number of carbonyl (C=O) groups is 1. The van der Waals surface area contributed by atoms with Gasteiger partial charge in [0.2, 0.25) is 5.91 Å². The summed E-state index contributed by atoms with van der Waals surface area (Å²) in [6, 6.07) is 6.02. The molecule has 0 aromatic carbocycles. The van der Waals surface area contributed by atoms with Crippen LogP contribution in [0.3, 0.4) is 0 Å². The lowest BCUT2D eigenvalue weighted by Crippen LogP contribution is -2.44. The van der Waals surface area contributed by atoms with Crippen LogP contribution in [0.2, 0.25) is 0 Å². The zero-order chi connectivity index (χ0) is 19.3. The van der Waals surface area contributed by atoms with Crippen LogP contribution in [0, 0.1) is 6.92 Å². The van der Waals surface area contributed by atoms with Crippen molar-refractivity contribution in [3.05, 3.63) is 51.6 Å². The third-order valence-corrected chi connectivity index (χ3v) is 6.35. The van der Waals surface area contributed by atoms with E-state index < -0.39 is 0 Å². The van der Waals surface area contributed by atoms with E-state index in [0.717, 1.165) is 40.9 Å². The number of aryl methyl sites for hydroxylation is 1. The van der Waals surface area contributed by atoms with E-state index in [2.05, 4.69) is 20.6 Å². The van der Waals surface area contributed by atoms with E-state index in [-0.39, 0.29) is 18.4 Å². The molecule has 1 N–H and O–H groups in total. The zero-order valence-electron chi connectivity index (χ0n) is 15.7. The number of rotatable bonds is 7. The normalized spacial score (nSPS) is 16.2. The summed E-state index contributed by atoms with van der Waals surface area (Å²) in [5.74, 6) is 1.74. The van der Waals surface area contributed by atoms with Gasteiger partial charge >= 0.3 is 0 Å². The number of carbonyl (C=O) groups excluding carboxylic acids is 1. The molecular weight excluding hydrogens is 394 g/mol. The molecule has 0 saturated carbocycles. The van der Waals surface area contributed by atoms with Crippen LogP contribution in [0.1, 0.15) is 23.3 Å². The van der Waals surface area contributed by atoms with E-state index in [4.69, 9.17) is 9.15 Å². The van der Waals surface area contributed by atoms with E-state index in [9.17, 15) is 4.79 Å². The summed E-state index contributed by atoms with van der Waals surface area (Å²) in [7, 11) is 0. The predicted molar refractivity (Wildman–Crippen MR) is 111 cm³/mol. The van der Waals surface area contributed by atoms with Crippen molar-refractivity contribution in [2.24, 2.45) is 0 Å². The van der Waals surface area contributed by atoms with Crippen LogP contribution < -0.4 is 5.32 Å². The Morgan fingerprint density at radius 3 is 2.86 bits per heavy atom. The molecule has 1 saturated heterocycles. The second kappa shape index (κ2) is 9.00. The number of hydrogen-bond donors (Lipinski definition) is 1. The standard InChI is InChI=1S/C20H23N3O3S2/c1-14-2-3-18(26-14)17(23-5-7-25-8-6-23)11-21-19(24)10-16-13-28-20(22-16)15-4-9-27-12-15/h2-4,9,12-13,17H,5-8,10-11H2,1H3,(H,21,24). The fourth-order valence-electron chi connectivity index (χ4n) is 3.28. The van der Waals surface area contributed by atoms with Crippen molar-refractivity contribution in [3.8, 4) is 10.6 Å². The molecule has 148 valence electrons. The summed E-state index contributed by atoms with van der Waals surface area (Å²) < 4.78 is 11.3. The Bertz CT molecular complexity index is 898. The molecular formula is C20H23N3O3S2. The maximum Gasteiger partial charge on any atom is 0.226 e. The van der Waals surface area contributed by atoms with Crippen LogP contribution in [-0.2, 0) is 16.0 Å². The SMILES string of the molecule is Cc1ccc(C(CNC(=O)Cc2csc(-c3ccsc3)n2)N2CCOCC2)o1. The van der Waals surface area contributed by atoms with Gasteiger partial charge in [-0.2, -0.15) is 11.3 Å². The van der Waals surface area contributed by atoms with Crippen LogP contribution in [-0.4, -0.2) is 48.6 Å². The molecule has 1 fully saturated rings. The molecule has 1 aliphatic heterocycles. The van der Waals surface area contributed by atoms with Gasteiger partial charge in [0, 0.05) is 36.0 Å². The third-order valence-electron chi connectivity index (χ3n) is 4.73. The molecule has 1 aliphatic rings. The van der Waals surface area contributed by atoms with Gasteiger partial charge in [0.05, 0.1) is 31.4 Å². The average molecular weight is 418 g/mol. The highest BCUT2D eigenvalue weighted by Crippen LogP contribution is 2.26. The topological polar surface area (TPSA) is 67.6 Å². The zero-order valence-corrected chi connectivity index (χ0v) is 17.4. The molecule has 3 aromatic rings. The van der Waals surface area contributed by atoms with Crippen LogP contribution in [0.15, 0.2) is 38.8 Å². The van der Waals surface area contributed by atoms with Crippen molar-refractivity contribution >= 4 is 28.6 Å². The molecule has 6 nitrogen and oxygen atoms in total. The minimum atomic E-state index is -0.0243. The Kier molecular flexibility index (Phi) is 6.21. The number of ether oxygens (including phenoxy) is 1. The minimum absolute atomic E-state index is 0.0124. The number of morpholine rings is 1. The van der Waals surface area contributed by atoms with Crippen molar-refractivity contribution in [2.45, 2.75) is 19.4 Å². The van der Waals surface area contributed by atoms with Crippen molar-refractivity contribution < 1.29 is 13.9 Å². The molecule has 0 spiro atoms. The Balaban J connectivity index is 1.37. The highest BCUT2D eigenvalue weighted by atomic mass is 32.1. The van der Waals surface area contributed by atoms with Gasteiger partial charge in [-0.1, -0.05) is 0 Å². The highest BCUT2D eigenvalue weighted by molar-refractivity contribution is 7.14. The van der Waals surface area contributed by atoms with Gasteiger partial charge < -0.3 is 14.5 Å². The Hall–Kier alpha value is -2.00. The van der Waals surface area contributed by atoms with Gasteiger partial charge in [0.25, 0.3) is 0 Å². The highest BCUT2D eigenvalue weighted by Gasteiger charge is 2.25. The number of amides is 1. The fourth-order valence-corrected chi connectivity index (χ4v) is 4.81. The lowest BCUT2D eigenvalue weighted by atomic mass is 10.1. The van der Waals surface area contributed by atoms with Crippen molar-refractivity contribution in [1.82, 2.24) is 15.2 Å². The van der Waals surface area contributed by atoms with Gasteiger partial charge in [-0.25, -0.2) is 4.98 Å². The Morgan fingerprint density at radius 1 is 1.29 bits per heavy atom. The Labute approximate surface area is 172 Å². The largest absolute Gasteiger partial charge is 0.465 e. The number of nitrogens with one attached hydrogen (secondary N) is 1. The van der Waals surface area contributed by atoms with E-state index >= 15 is 0 Å². The molecule has 1 amide bonds. The van der Waals surface area contributed by atoms with Crippen LogP contribution >= 0.6 is 22.7 Å². The first-order chi connectivity index (χ1) is 13.7. The van der Waals surface area contributed by atoms with E-state index in [1.165, 1.54) is 0 Å². The van der Waals surface area contributed by atoms with Crippen LogP contribution in [0.25, 0.3) is 10.6 Å². The summed E-state index contributed by atoms with van der Waals surface area (Å²) in [6.07, 6.45) is 0.285. The van der Waals surface area contributed by atoms with Gasteiger partial charge in [-0.15, -0.1) is 11.3 Å². The number of thiazole rings is 1. The maximum atomic E-state index is 12.5.